The highest BCUT2D eigenvalue weighted by Gasteiger charge is 2.11. The second-order valence-corrected chi connectivity index (χ2v) is 6.04. The van der Waals surface area contributed by atoms with Gasteiger partial charge in [-0.05, 0) is 12.1 Å². The van der Waals surface area contributed by atoms with Crippen molar-refractivity contribution in [2.75, 3.05) is 6.54 Å². The van der Waals surface area contributed by atoms with Gasteiger partial charge in [-0.25, -0.2) is 4.98 Å². The van der Waals surface area contributed by atoms with E-state index in [0.717, 1.165) is 10.7 Å². The third kappa shape index (κ3) is 3.69. The fraction of sp³-hybridized carbons (Fsp3) is 0.133. The number of fused-ring (bicyclic) bond motifs is 1. The Balaban J connectivity index is 1.49. The van der Waals surface area contributed by atoms with Crippen LogP contribution in [0.5, 0.6) is 0 Å². The van der Waals surface area contributed by atoms with Crippen molar-refractivity contribution in [2.24, 2.45) is 0 Å². The maximum absolute atomic E-state index is 11.9. The van der Waals surface area contributed by atoms with Gasteiger partial charge >= 0.3 is 0 Å². The molecule has 118 valence electrons. The summed E-state index contributed by atoms with van der Waals surface area (Å²) in [6.45, 7) is 0.196. The zero-order valence-electron chi connectivity index (χ0n) is 12.0. The number of hydrogen-bond acceptors (Lipinski definition) is 4. The number of nitrogens with zero attached hydrogens (tertiary/aromatic N) is 2. The molecule has 0 spiro atoms. The molecule has 0 bridgehead atoms. The van der Waals surface area contributed by atoms with E-state index in [-0.39, 0.29) is 18.4 Å². The standard InChI is InChI=1S/C15H13ClN4O2S/c16-12-4-2-1-3-11(12)14(22)18-8-13(21)17-7-10-9-20-5-6-23-15(20)19-10/h1-6,9H,7-8H2,(H,17,21)(H,18,22). The first-order valence-electron chi connectivity index (χ1n) is 6.84. The van der Waals surface area contributed by atoms with Crippen LogP contribution in [0.15, 0.2) is 42.0 Å². The van der Waals surface area contributed by atoms with E-state index in [4.69, 9.17) is 11.6 Å². The first-order valence-corrected chi connectivity index (χ1v) is 8.10. The van der Waals surface area contributed by atoms with E-state index < -0.39 is 0 Å². The molecular formula is C15H13ClN4O2S. The van der Waals surface area contributed by atoms with Gasteiger partial charge in [-0.15, -0.1) is 11.3 Å². The second kappa shape index (κ2) is 6.80. The summed E-state index contributed by atoms with van der Waals surface area (Å²) in [6.07, 6.45) is 3.76. The van der Waals surface area contributed by atoms with Gasteiger partial charge in [0.05, 0.1) is 29.4 Å². The molecule has 0 aliphatic carbocycles. The number of carbonyl (C=O) groups is 2. The molecule has 0 atom stereocenters. The molecule has 6 nitrogen and oxygen atoms in total. The Morgan fingerprint density at radius 2 is 2.09 bits per heavy atom. The predicted molar refractivity (Wildman–Crippen MR) is 88.7 cm³/mol. The molecule has 0 aliphatic rings. The number of nitrogens with one attached hydrogen (secondary N) is 2. The van der Waals surface area contributed by atoms with Gasteiger partial charge in [-0.2, -0.15) is 0 Å². The van der Waals surface area contributed by atoms with Gasteiger partial charge < -0.3 is 10.6 Å². The average Bonchev–Trinajstić information content (AvgIpc) is 3.12. The molecule has 2 N–H and O–H groups in total. The lowest BCUT2D eigenvalue weighted by molar-refractivity contribution is -0.120. The summed E-state index contributed by atoms with van der Waals surface area (Å²) in [6, 6.07) is 6.68. The monoisotopic (exact) mass is 348 g/mol. The van der Waals surface area contributed by atoms with E-state index in [0.29, 0.717) is 17.1 Å². The Morgan fingerprint density at radius 3 is 2.87 bits per heavy atom. The Kier molecular flexibility index (Phi) is 4.59. The summed E-state index contributed by atoms with van der Waals surface area (Å²) in [7, 11) is 0. The number of imidazole rings is 1. The highest BCUT2D eigenvalue weighted by Crippen LogP contribution is 2.14. The lowest BCUT2D eigenvalue weighted by Gasteiger charge is -2.07. The summed E-state index contributed by atoms with van der Waals surface area (Å²) in [5.41, 5.74) is 1.11. The molecule has 0 aliphatic heterocycles. The van der Waals surface area contributed by atoms with E-state index in [2.05, 4.69) is 15.6 Å². The van der Waals surface area contributed by atoms with Crippen molar-refractivity contribution in [3.05, 3.63) is 58.3 Å². The van der Waals surface area contributed by atoms with Crippen molar-refractivity contribution in [2.45, 2.75) is 6.54 Å². The largest absolute Gasteiger partial charge is 0.349 e. The number of halogens is 1. The molecular weight excluding hydrogens is 336 g/mol. The Labute approximate surface area is 141 Å². The van der Waals surface area contributed by atoms with Crippen molar-refractivity contribution in [1.82, 2.24) is 20.0 Å². The highest BCUT2D eigenvalue weighted by atomic mass is 35.5. The second-order valence-electron chi connectivity index (χ2n) is 4.76. The van der Waals surface area contributed by atoms with Crippen LogP contribution in [-0.4, -0.2) is 27.7 Å². The molecule has 0 saturated carbocycles. The molecule has 0 saturated heterocycles. The van der Waals surface area contributed by atoms with Crippen molar-refractivity contribution in [1.29, 1.82) is 0 Å². The lowest BCUT2D eigenvalue weighted by atomic mass is 10.2. The van der Waals surface area contributed by atoms with Crippen molar-refractivity contribution < 1.29 is 9.59 Å². The molecule has 2 aromatic heterocycles. The minimum absolute atomic E-state index is 0.119. The van der Waals surface area contributed by atoms with Crippen LogP contribution >= 0.6 is 22.9 Å². The molecule has 23 heavy (non-hydrogen) atoms. The number of hydrogen-bond donors (Lipinski definition) is 2. The van der Waals surface area contributed by atoms with Gasteiger partial charge in [0.15, 0.2) is 4.96 Å². The number of carbonyl (C=O) groups excluding carboxylic acids is 2. The number of thiazole rings is 1. The predicted octanol–water partition coefficient (Wildman–Crippen LogP) is 2.10. The molecule has 0 unspecified atom stereocenters. The molecule has 0 radical (unpaired) electrons. The Bertz CT molecular complexity index is 829. The Morgan fingerprint density at radius 1 is 1.26 bits per heavy atom. The SMILES string of the molecule is O=C(CNC(=O)c1ccccc1Cl)NCc1cn2ccsc2n1. The van der Waals surface area contributed by atoms with Crippen LogP contribution in [0.2, 0.25) is 5.02 Å². The minimum atomic E-state index is -0.381. The maximum atomic E-state index is 11.9. The van der Waals surface area contributed by atoms with Crippen LogP contribution in [0.1, 0.15) is 16.1 Å². The van der Waals surface area contributed by atoms with Crippen molar-refractivity contribution >= 4 is 39.7 Å². The zero-order valence-corrected chi connectivity index (χ0v) is 13.5. The van der Waals surface area contributed by atoms with Gasteiger partial charge in [0.1, 0.15) is 0 Å². The molecule has 3 aromatic rings. The minimum Gasteiger partial charge on any atom is -0.349 e. The normalized spacial score (nSPS) is 10.7. The van der Waals surface area contributed by atoms with E-state index in [1.54, 1.807) is 24.3 Å². The van der Waals surface area contributed by atoms with Crippen molar-refractivity contribution in [3.63, 3.8) is 0 Å². The van der Waals surface area contributed by atoms with Gasteiger partial charge in [-0.1, -0.05) is 23.7 Å². The van der Waals surface area contributed by atoms with Gasteiger partial charge in [0, 0.05) is 17.8 Å². The fourth-order valence-corrected chi connectivity index (χ4v) is 2.95. The molecule has 2 heterocycles. The average molecular weight is 349 g/mol. The molecule has 1 aromatic carbocycles. The fourth-order valence-electron chi connectivity index (χ4n) is 2.01. The van der Waals surface area contributed by atoms with Crippen molar-refractivity contribution in [3.8, 4) is 0 Å². The zero-order chi connectivity index (χ0) is 16.2. The van der Waals surface area contributed by atoms with Crippen LogP contribution < -0.4 is 10.6 Å². The molecule has 8 heteroatoms. The van der Waals surface area contributed by atoms with E-state index in [1.807, 2.05) is 22.2 Å². The van der Waals surface area contributed by atoms with E-state index in [1.165, 1.54) is 11.3 Å². The summed E-state index contributed by atoms with van der Waals surface area (Å²) >= 11 is 7.46. The van der Waals surface area contributed by atoms with Crippen LogP contribution in [0.25, 0.3) is 4.96 Å². The molecule has 3 rings (SSSR count). The first kappa shape index (κ1) is 15.5. The summed E-state index contributed by atoms with van der Waals surface area (Å²) in [5, 5.41) is 7.54. The maximum Gasteiger partial charge on any atom is 0.253 e. The third-order valence-corrected chi connectivity index (χ3v) is 4.24. The highest BCUT2D eigenvalue weighted by molar-refractivity contribution is 7.15. The van der Waals surface area contributed by atoms with Crippen LogP contribution in [-0.2, 0) is 11.3 Å². The van der Waals surface area contributed by atoms with Crippen LogP contribution in [0.4, 0.5) is 0 Å². The van der Waals surface area contributed by atoms with Crippen LogP contribution in [0.3, 0.4) is 0 Å². The topological polar surface area (TPSA) is 75.5 Å². The lowest BCUT2D eigenvalue weighted by Crippen LogP contribution is -2.36. The van der Waals surface area contributed by atoms with Gasteiger partial charge in [0.2, 0.25) is 5.91 Å². The summed E-state index contributed by atoms with van der Waals surface area (Å²) < 4.78 is 1.89. The summed E-state index contributed by atoms with van der Waals surface area (Å²) in [4.78, 5) is 29.0. The van der Waals surface area contributed by atoms with Crippen LogP contribution in [0, 0.1) is 0 Å². The van der Waals surface area contributed by atoms with Gasteiger partial charge in [-0.3, -0.25) is 14.0 Å². The summed E-state index contributed by atoms with van der Waals surface area (Å²) in [5.74, 6) is -0.671. The smallest absolute Gasteiger partial charge is 0.253 e. The van der Waals surface area contributed by atoms with E-state index in [9.17, 15) is 9.59 Å². The van der Waals surface area contributed by atoms with Gasteiger partial charge in [0.25, 0.3) is 5.91 Å². The number of benzene rings is 1. The number of aromatic nitrogens is 2. The first-order chi connectivity index (χ1) is 11.1. The molecule has 2 amide bonds. The molecule has 0 fully saturated rings. The van der Waals surface area contributed by atoms with E-state index >= 15 is 0 Å². The third-order valence-electron chi connectivity index (χ3n) is 3.14. The quantitative estimate of drug-likeness (QED) is 0.741. The number of rotatable bonds is 5. The Hall–Kier alpha value is -2.38. The number of amides is 2.